The van der Waals surface area contributed by atoms with E-state index >= 15 is 0 Å². The number of benzene rings is 1. The lowest BCUT2D eigenvalue weighted by Gasteiger charge is -2.33. The summed E-state index contributed by atoms with van der Waals surface area (Å²) in [6.07, 6.45) is 2.37. The maximum Gasteiger partial charge on any atom is 0.493 e. The summed E-state index contributed by atoms with van der Waals surface area (Å²) in [6.45, 7) is 11.9. The van der Waals surface area contributed by atoms with Crippen molar-refractivity contribution in [3.63, 3.8) is 0 Å². The van der Waals surface area contributed by atoms with Gasteiger partial charge < -0.3 is 19.1 Å². The monoisotopic (exact) mass is 330 g/mol. The largest absolute Gasteiger partial charge is 0.493 e. The minimum atomic E-state index is -0.197. The van der Waals surface area contributed by atoms with Crippen molar-refractivity contribution in [2.75, 3.05) is 53.0 Å². The van der Waals surface area contributed by atoms with Crippen LogP contribution in [0, 0.1) is 5.41 Å². The Labute approximate surface area is 147 Å². The maximum absolute atomic E-state index is 5.86. The second-order valence-electron chi connectivity index (χ2n) is 8.11. The van der Waals surface area contributed by atoms with Gasteiger partial charge in [-0.15, -0.1) is 0 Å². The Hall–Kier alpha value is -0.875. The number of rotatable bonds is 5. The van der Waals surface area contributed by atoms with E-state index in [1.54, 1.807) is 0 Å². The molecule has 1 aromatic rings. The maximum atomic E-state index is 5.86. The first-order valence-electron chi connectivity index (χ1n) is 9.25. The highest BCUT2D eigenvalue weighted by Crippen LogP contribution is 2.21. The van der Waals surface area contributed by atoms with Crippen LogP contribution in [0.3, 0.4) is 0 Å². The molecule has 2 saturated heterocycles. The molecule has 0 spiro atoms. The van der Waals surface area contributed by atoms with Crippen LogP contribution in [0.1, 0.15) is 25.8 Å². The molecule has 5 heteroatoms. The predicted octanol–water partition coefficient (Wildman–Crippen LogP) is 1.63. The molecule has 2 fully saturated rings. The van der Waals surface area contributed by atoms with Crippen molar-refractivity contribution in [2.24, 2.45) is 5.41 Å². The average molecular weight is 330 g/mol. The van der Waals surface area contributed by atoms with E-state index in [0.717, 1.165) is 25.1 Å². The molecular formula is C19H31BN2O2. The number of hydrogen-bond donors (Lipinski definition) is 0. The predicted molar refractivity (Wildman–Crippen MR) is 99.8 cm³/mol. The Kier molecular flexibility index (Phi) is 5.98. The molecule has 3 rings (SSSR count). The van der Waals surface area contributed by atoms with Crippen molar-refractivity contribution < 1.29 is 9.31 Å². The first kappa shape index (κ1) is 17.9. The van der Waals surface area contributed by atoms with Crippen molar-refractivity contribution >= 4 is 12.6 Å². The molecule has 24 heavy (non-hydrogen) atoms. The Morgan fingerprint density at radius 3 is 2.25 bits per heavy atom. The van der Waals surface area contributed by atoms with E-state index < -0.39 is 0 Å². The van der Waals surface area contributed by atoms with Gasteiger partial charge in [0.15, 0.2) is 0 Å². The molecule has 2 heterocycles. The van der Waals surface area contributed by atoms with Gasteiger partial charge in [0.2, 0.25) is 0 Å². The summed E-state index contributed by atoms with van der Waals surface area (Å²) < 4.78 is 11.7. The lowest BCUT2D eigenvalue weighted by atomic mass is 9.75. The van der Waals surface area contributed by atoms with Crippen molar-refractivity contribution in [1.82, 2.24) is 9.80 Å². The quantitative estimate of drug-likeness (QED) is 0.767. The highest BCUT2D eigenvalue weighted by atomic mass is 16.6. The smallest absolute Gasteiger partial charge is 0.407 e. The number of nitrogens with zero attached hydrogens (tertiary/aromatic N) is 2. The zero-order valence-electron chi connectivity index (χ0n) is 15.5. The van der Waals surface area contributed by atoms with Gasteiger partial charge in [-0.2, -0.15) is 0 Å². The molecule has 132 valence electrons. The van der Waals surface area contributed by atoms with E-state index in [1.165, 1.54) is 44.7 Å². The van der Waals surface area contributed by atoms with Crippen LogP contribution < -0.4 is 5.46 Å². The molecule has 1 aromatic carbocycles. The van der Waals surface area contributed by atoms with Crippen LogP contribution in [0.2, 0.25) is 0 Å². The van der Waals surface area contributed by atoms with E-state index in [4.69, 9.17) is 9.31 Å². The molecule has 0 bridgehead atoms. The lowest BCUT2D eigenvalue weighted by molar-refractivity contribution is 0.0343. The average Bonchev–Trinajstić information content (AvgIpc) is 2.57. The standard InChI is InChI=1S/C19H31BN2O2/c1-19(2)15-23-20(24-16-19)18-8-6-17(7-9-18)5-4-10-22-13-11-21(3)12-14-22/h6-9H,4-5,10-16H2,1-3H3. The number of likely N-dealkylation sites (N-methyl/N-ethyl adjacent to an activating group) is 1. The second-order valence-corrected chi connectivity index (χ2v) is 8.11. The first-order valence-corrected chi connectivity index (χ1v) is 9.25. The van der Waals surface area contributed by atoms with Crippen LogP contribution in [0.5, 0.6) is 0 Å². The van der Waals surface area contributed by atoms with Gasteiger partial charge >= 0.3 is 7.12 Å². The zero-order chi connectivity index (χ0) is 17.0. The van der Waals surface area contributed by atoms with Crippen LogP contribution in [0.4, 0.5) is 0 Å². The highest BCUT2D eigenvalue weighted by molar-refractivity contribution is 6.61. The fraction of sp³-hybridized carbons (Fsp3) is 0.684. The van der Waals surface area contributed by atoms with Crippen LogP contribution in [-0.4, -0.2) is 69.9 Å². The van der Waals surface area contributed by atoms with Crippen LogP contribution in [0.15, 0.2) is 24.3 Å². The molecule has 0 atom stereocenters. The molecule has 0 unspecified atom stereocenters. The van der Waals surface area contributed by atoms with Crippen molar-refractivity contribution in [3.8, 4) is 0 Å². The third-order valence-electron chi connectivity index (χ3n) is 5.04. The minimum Gasteiger partial charge on any atom is -0.407 e. The van der Waals surface area contributed by atoms with E-state index in [2.05, 4.69) is 55.0 Å². The lowest BCUT2D eigenvalue weighted by Crippen LogP contribution is -2.47. The SMILES string of the molecule is CN1CCN(CCCc2ccc(B3OCC(C)(C)CO3)cc2)CC1. The van der Waals surface area contributed by atoms with Gasteiger partial charge in [0.25, 0.3) is 0 Å². The summed E-state index contributed by atoms with van der Waals surface area (Å²) >= 11 is 0. The minimum absolute atomic E-state index is 0.125. The van der Waals surface area contributed by atoms with Gasteiger partial charge in [0.1, 0.15) is 0 Å². The van der Waals surface area contributed by atoms with E-state index in [9.17, 15) is 0 Å². The molecule has 0 aliphatic carbocycles. The molecule has 2 aliphatic heterocycles. The van der Waals surface area contributed by atoms with Gasteiger partial charge in [0.05, 0.1) is 0 Å². The van der Waals surface area contributed by atoms with Crippen LogP contribution in [0.25, 0.3) is 0 Å². The normalized spacial score (nSPS) is 22.7. The zero-order valence-corrected chi connectivity index (χ0v) is 15.5. The summed E-state index contributed by atoms with van der Waals surface area (Å²) in [5.41, 5.74) is 2.66. The van der Waals surface area contributed by atoms with Crippen molar-refractivity contribution in [2.45, 2.75) is 26.7 Å². The number of hydrogen-bond acceptors (Lipinski definition) is 4. The molecule has 4 nitrogen and oxygen atoms in total. The summed E-state index contributed by atoms with van der Waals surface area (Å²) in [4.78, 5) is 4.99. The van der Waals surface area contributed by atoms with Gasteiger partial charge in [-0.05, 0) is 37.5 Å². The Balaban J connectivity index is 1.42. The second kappa shape index (κ2) is 8.00. The van der Waals surface area contributed by atoms with Crippen molar-refractivity contribution in [1.29, 1.82) is 0 Å². The molecular weight excluding hydrogens is 299 g/mol. The van der Waals surface area contributed by atoms with E-state index in [1.807, 2.05) is 0 Å². The summed E-state index contributed by atoms with van der Waals surface area (Å²) in [6, 6.07) is 8.78. The third-order valence-corrected chi connectivity index (χ3v) is 5.04. The fourth-order valence-electron chi connectivity index (χ4n) is 3.30. The topological polar surface area (TPSA) is 24.9 Å². The first-order chi connectivity index (χ1) is 11.5. The summed E-state index contributed by atoms with van der Waals surface area (Å²) in [5.74, 6) is 0. The molecule has 0 N–H and O–H groups in total. The van der Waals surface area contributed by atoms with E-state index in [-0.39, 0.29) is 12.5 Å². The molecule has 0 saturated carbocycles. The van der Waals surface area contributed by atoms with Crippen molar-refractivity contribution in [3.05, 3.63) is 29.8 Å². The van der Waals surface area contributed by atoms with Gasteiger partial charge in [0, 0.05) is 44.8 Å². The van der Waals surface area contributed by atoms with Crippen LogP contribution in [-0.2, 0) is 15.7 Å². The van der Waals surface area contributed by atoms with Gasteiger partial charge in [-0.1, -0.05) is 38.1 Å². The summed E-state index contributed by atoms with van der Waals surface area (Å²) in [5, 5.41) is 0. The third kappa shape index (κ3) is 5.06. The molecule has 0 amide bonds. The van der Waals surface area contributed by atoms with Gasteiger partial charge in [-0.25, -0.2) is 0 Å². The van der Waals surface area contributed by atoms with Crippen LogP contribution >= 0.6 is 0 Å². The fourth-order valence-corrected chi connectivity index (χ4v) is 3.30. The Morgan fingerprint density at radius 1 is 1.00 bits per heavy atom. The summed E-state index contributed by atoms with van der Waals surface area (Å²) in [7, 11) is 2.01. The molecule has 0 aromatic heterocycles. The van der Waals surface area contributed by atoms with E-state index in [0.29, 0.717) is 0 Å². The molecule has 2 aliphatic rings. The number of piperazine rings is 1. The Morgan fingerprint density at radius 2 is 1.62 bits per heavy atom. The highest BCUT2D eigenvalue weighted by Gasteiger charge is 2.33. The Bertz CT molecular complexity index is 503. The molecule has 0 radical (unpaired) electrons. The number of aryl methyl sites for hydroxylation is 1. The van der Waals surface area contributed by atoms with Gasteiger partial charge in [-0.3, -0.25) is 0 Å².